The van der Waals surface area contributed by atoms with Gasteiger partial charge in [-0.2, -0.15) is 0 Å². The molecule has 194 valence electrons. The van der Waals surface area contributed by atoms with Crippen molar-refractivity contribution < 1.29 is 33.7 Å². The number of pyridine rings is 1. The first-order chi connectivity index (χ1) is 18.4. The van der Waals surface area contributed by atoms with Crippen LogP contribution in [-0.4, -0.2) is 60.3 Å². The Labute approximate surface area is 217 Å². The van der Waals surface area contributed by atoms with E-state index in [1.807, 2.05) is 18.2 Å². The zero-order valence-corrected chi connectivity index (χ0v) is 20.7. The van der Waals surface area contributed by atoms with Crippen LogP contribution < -0.4 is 14.8 Å². The highest BCUT2D eigenvalue weighted by Crippen LogP contribution is 2.37. The van der Waals surface area contributed by atoms with Gasteiger partial charge in [-0.25, -0.2) is 14.6 Å². The zero-order valence-electron chi connectivity index (χ0n) is 20.7. The van der Waals surface area contributed by atoms with E-state index in [9.17, 15) is 19.5 Å². The van der Waals surface area contributed by atoms with Gasteiger partial charge in [0.2, 0.25) is 5.91 Å². The highest BCUT2D eigenvalue weighted by Gasteiger charge is 2.14. The maximum Gasteiger partial charge on any atom is 0.335 e. The Kier molecular flexibility index (Phi) is 8.02. The Bertz CT molecular complexity index is 1510. The van der Waals surface area contributed by atoms with E-state index in [0.29, 0.717) is 17.1 Å². The number of hydrogen-bond donors (Lipinski definition) is 3. The molecule has 0 atom stereocenters. The Balaban J connectivity index is 1.53. The quantitative estimate of drug-likeness (QED) is 0.165. The van der Waals surface area contributed by atoms with E-state index in [2.05, 4.69) is 20.0 Å². The number of nitrogens with one attached hydrogen (secondary N) is 2. The van der Waals surface area contributed by atoms with Gasteiger partial charge in [0.15, 0.2) is 0 Å². The van der Waals surface area contributed by atoms with E-state index in [-0.39, 0.29) is 18.7 Å². The van der Waals surface area contributed by atoms with Gasteiger partial charge in [-0.05, 0) is 53.6 Å². The Morgan fingerprint density at radius 2 is 1.79 bits per heavy atom. The lowest BCUT2D eigenvalue weighted by atomic mass is 10.0. The van der Waals surface area contributed by atoms with Gasteiger partial charge in [0.25, 0.3) is 0 Å². The predicted octanol–water partition coefficient (Wildman–Crippen LogP) is 3.83. The van der Waals surface area contributed by atoms with Crippen molar-refractivity contribution in [3.63, 3.8) is 0 Å². The maximum atomic E-state index is 11.7. The van der Waals surface area contributed by atoms with E-state index in [0.717, 1.165) is 39.9 Å². The number of rotatable bonds is 10. The lowest BCUT2D eigenvalue weighted by molar-refractivity contribution is -0.135. The molecule has 10 nitrogen and oxygen atoms in total. The van der Waals surface area contributed by atoms with Gasteiger partial charge < -0.3 is 29.6 Å². The Morgan fingerprint density at radius 1 is 1.00 bits per heavy atom. The number of ether oxygens (including phenoxy) is 3. The number of carboxylic acid groups (broad SMARTS) is 1. The third-order valence-corrected chi connectivity index (χ3v) is 5.68. The van der Waals surface area contributed by atoms with Crippen molar-refractivity contribution in [2.24, 2.45) is 0 Å². The third-order valence-electron chi connectivity index (χ3n) is 5.68. The molecule has 10 heteroatoms. The van der Waals surface area contributed by atoms with E-state index < -0.39 is 17.8 Å². The minimum atomic E-state index is -0.979. The molecule has 4 aromatic rings. The van der Waals surface area contributed by atoms with Crippen molar-refractivity contribution in [2.45, 2.75) is 0 Å². The molecule has 0 aliphatic carbocycles. The highest BCUT2D eigenvalue weighted by atomic mass is 16.5. The number of fused-ring (bicyclic) bond motifs is 1. The second-order valence-electron chi connectivity index (χ2n) is 8.04. The Morgan fingerprint density at radius 3 is 2.50 bits per heavy atom. The summed E-state index contributed by atoms with van der Waals surface area (Å²) in [6, 6.07) is 15.9. The van der Waals surface area contributed by atoms with E-state index in [1.54, 1.807) is 49.7 Å². The van der Waals surface area contributed by atoms with Crippen LogP contribution in [0.15, 0.2) is 72.9 Å². The predicted molar refractivity (Wildman–Crippen MR) is 140 cm³/mol. The number of benzene rings is 2. The van der Waals surface area contributed by atoms with Crippen molar-refractivity contribution in [1.82, 2.24) is 15.3 Å². The summed E-state index contributed by atoms with van der Waals surface area (Å²) in [4.78, 5) is 41.8. The SMILES string of the molecule is COC(=O)/C=C/C(=O)NCCOc1ccc(OC)c(-c2cc3c(-c4ccc(C(=O)O)cc4)ccnc3[nH]2)c1. The maximum absolute atomic E-state index is 11.7. The summed E-state index contributed by atoms with van der Waals surface area (Å²) in [5, 5.41) is 12.7. The van der Waals surface area contributed by atoms with Crippen LogP contribution in [0.3, 0.4) is 0 Å². The number of aromatic nitrogens is 2. The summed E-state index contributed by atoms with van der Waals surface area (Å²) in [5.74, 6) is -0.841. The standard InChI is InChI=1S/C28H25N3O7/c1-36-24-8-7-19(38-14-13-29-25(32)9-10-26(33)37-2)15-22(24)23-16-21-20(11-12-30-27(21)31-23)17-3-5-18(6-4-17)28(34)35/h3-12,15-16H,13-14H2,1-2H3,(H,29,32)(H,30,31)(H,34,35)/b10-9+. The van der Waals surface area contributed by atoms with E-state index in [4.69, 9.17) is 9.47 Å². The molecule has 38 heavy (non-hydrogen) atoms. The van der Waals surface area contributed by atoms with Crippen LogP contribution in [0.25, 0.3) is 33.4 Å². The van der Waals surface area contributed by atoms with Crippen molar-refractivity contribution >= 4 is 28.9 Å². The molecule has 2 heterocycles. The van der Waals surface area contributed by atoms with Gasteiger partial charge >= 0.3 is 11.9 Å². The number of aromatic carboxylic acids is 1. The molecule has 1 amide bonds. The summed E-state index contributed by atoms with van der Waals surface area (Å²) in [7, 11) is 2.81. The molecule has 0 saturated carbocycles. The number of hydrogen-bond acceptors (Lipinski definition) is 7. The largest absolute Gasteiger partial charge is 0.496 e. The average molecular weight is 516 g/mol. The van der Waals surface area contributed by atoms with Crippen molar-refractivity contribution in [3.8, 4) is 33.9 Å². The summed E-state index contributed by atoms with van der Waals surface area (Å²) >= 11 is 0. The van der Waals surface area contributed by atoms with Crippen molar-refractivity contribution in [1.29, 1.82) is 0 Å². The fourth-order valence-electron chi connectivity index (χ4n) is 3.82. The number of nitrogens with zero attached hydrogens (tertiary/aromatic N) is 1. The lowest BCUT2D eigenvalue weighted by Crippen LogP contribution is -2.26. The van der Waals surface area contributed by atoms with E-state index >= 15 is 0 Å². The summed E-state index contributed by atoms with van der Waals surface area (Å²) < 4.78 is 15.8. The molecule has 2 aromatic heterocycles. The number of aromatic amines is 1. The molecule has 0 aliphatic rings. The van der Waals surface area contributed by atoms with Crippen LogP contribution in [0.2, 0.25) is 0 Å². The number of carbonyl (C=O) groups excluding carboxylic acids is 2. The highest BCUT2D eigenvalue weighted by molar-refractivity contribution is 5.97. The fraction of sp³-hybridized carbons (Fsp3) is 0.143. The van der Waals surface area contributed by atoms with Crippen LogP contribution in [-0.2, 0) is 14.3 Å². The summed E-state index contributed by atoms with van der Waals surface area (Å²) in [5.41, 5.74) is 4.15. The lowest BCUT2D eigenvalue weighted by Gasteiger charge is -2.11. The minimum Gasteiger partial charge on any atom is -0.496 e. The molecule has 0 bridgehead atoms. The Hall–Kier alpha value is -5.12. The van der Waals surface area contributed by atoms with Gasteiger partial charge in [-0.1, -0.05) is 12.1 Å². The van der Waals surface area contributed by atoms with Gasteiger partial charge in [0.05, 0.1) is 32.0 Å². The second-order valence-corrected chi connectivity index (χ2v) is 8.04. The van der Waals surface area contributed by atoms with Crippen molar-refractivity contribution in [2.75, 3.05) is 27.4 Å². The van der Waals surface area contributed by atoms with Crippen LogP contribution >= 0.6 is 0 Å². The number of carbonyl (C=O) groups is 3. The third kappa shape index (κ3) is 5.98. The van der Waals surface area contributed by atoms with Gasteiger partial charge in [0.1, 0.15) is 23.8 Å². The first-order valence-electron chi connectivity index (χ1n) is 11.6. The molecule has 4 rings (SSSR count). The zero-order chi connectivity index (χ0) is 27.1. The van der Waals surface area contributed by atoms with E-state index in [1.165, 1.54) is 7.11 Å². The smallest absolute Gasteiger partial charge is 0.335 e. The summed E-state index contributed by atoms with van der Waals surface area (Å²) in [6.07, 6.45) is 3.82. The number of methoxy groups -OCH3 is 2. The first kappa shape index (κ1) is 26.0. The van der Waals surface area contributed by atoms with Crippen LogP contribution in [0.5, 0.6) is 11.5 Å². The molecule has 0 aliphatic heterocycles. The fourth-order valence-corrected chi connectivity index (χ4v) is 3.82. The molecular formula is C28H25N3O7. The average Bonchev–Trinajstić information content (AvgIpc) is 3.38. The van der Waals surface area contributed by atoms with Crippen molar-refractivity contribution in [3.05, 3.63) is 78.5 Å². The molecule has 2 aromatic carbocycles. The van der Waals surface area contributed by atoms with Gasteiger partial charge in [-0.15, -0.1) is 0 Å². The number of amides is 1. The molecule has 0 saturated heterocycles. The first-order valence-corrected chi connectivity index (χ1v) is 11.6. The van der Waals surface area contributed by atoms with Crippen LogP contribution in [0, 0.1) is 0 Å². The number of H-pyrrole nitrogens is 1. The molecule has 0 unspecified atom stereocenters. The minimum absolute atomic E-state index is 0.203. The van der Waals surface area contributed by atoms with Crippen LogP contribution in [0.4, 0.5) is 0 Å². The topological polar surface area (TPSA) is 140 Å². The number of esters is 1. The van der Waals surface area contributed by atoms with Gasteiger partial charge in [-0.3, -0.25) is 4.79 Å². The van der Waals surface area contributed by atoms with Gasteiger partial charge in [0, 0.05) is 29.3 Å². The normalized spacial score (nSPS) is 10.9. The monoisotopic (exact) mass is 515 g/mol. The second kappa shape index (κ2) is 11.7. The molecule has 0 fully saturated rings. The summed E-state index contributed by atoms with van der Waals surface area (Å²) in [6.45, 7) is 0.431. The van der Waals surface area contributed by atoms with Crippen LogP contribution in [0.1, 0.15) is 10.4 Å². The molecule has 3 N–H and O–H groups in total. The number of carboxylic acids is 1. The molecule has 0 radical (unpaired) electrons. The molecule has 0 spiro atoms. The molecular weight excluding hydrogens is 490 g/mol.